The summed E-state index contributed by atoms with van der Waals surface area (Å²) < 4.78 is 10.5. The summed E-state index contributed by atoms with van der Waals surface area (Å²) >= 11 is 3.24. The molecule has 0 fully saturated rings. The Labute approximate surface area is 120 Å². The highest BCUT2D eigenvalue weighted by Gasteiger charge is 2.15. The predicted molar refractivity (Wildman–Crippen MR) is 74.9 cm³/mol. The van der Waals surface area contributed by atoms with Crippen LogP contribution in [0.4, 0.5) is 11.8 Å². The van der Waals surface area contributed by atoms with Crippen LogP contribution >= 0.6 is 15.9 Å². The lowest BCUT2D eigenvalue weighted by Crippen LogP contribution is -2.35. The van der Waals surface area contributed by atoms with Crippen molar-refractivity contribution in [3.63, 3.8) is 0 Å². The van der Waals surface area contributed by atoms with Crippen LogP contribution < -0.4 is 10.6 Å². The van der Waals surface area contributed by atoms with E-state index in [0.29, 0.717) is 36.1 Å². The van der Waals surface area contributed by atoms with Crippen molar-refractivity contribution in [2.75, 3.05) is 44.0 Å². The molecule has 0 spiro atoms. The van der Waals surface area contributed by atoms with E-state index in [4.69, 9.17) is 15.2 Å². The predicted octanol–water partition coefficient (Wildman–Crippen LogP) is 0.837. The Bertz CT molecular complexity index is 410. The lowest BCUT2D eigenvalue weighted by molar-refractivity contribution is -0.141. The normalized spacial score (nSPS) is 10.3. The lowest BCUT2D eigenvalue weighted by Gasteiger charge is -2.21. The SMILES string of the molecule is CCOC(=O)CN(CCOC)c1nc(N)cc(Br)n1. The molecule has 0 saturated heterocycles. The number of carbonyl (C=O) groups excluding carboxylic acids is 1. The summed E-state index contributed by atoms with van der Waals surface area (Å²) in [5, 5.41) is 0. The Hall–Kier alpha value is -1.41. The van der Waals surface area contributed by atoms with Crippen LogP contribution in [0, 0.1) is 0 Å². The summed E-state index contributed by atoms with van der Waals surface area (Å²) in [6.45, 7) is 3.04. The Morgan fingerprint density at radius 3 is 2.84 bits per heavy atom. The van der Waals surface area contributed by atoms with Crippen LogP contribution in [0.2, 0.25) is 0 Å². The second kappa shape index (κ2) is 7.90. The van der Waals surface area contributed by atoms with Crippen LogP contribution in [0.15, 0.2) is 10.7 Å². The maximum Gasteiger partial charge on any atom is 0.325 e. The Kier molecular flexibility index (Phi) is 6.51. The smallest absolute Gasteiger partial charge is 0.325 e. The van der Waals surface area contributed by atoms with Gasteiger partial charge in [-0.05, 0) is 22.9 Å². The molecule has 0 unspecified atom stereocenters. The number of hydrogen-bond donors (Lipinski definition) is 1. The van der Waals surface area contributed by atoms with E-state index in [9.17, 15) is 4.79 Å². The van der Waals surface area contributed by atoms with E-state index in [0.717, 1.165) is 0 Å². The van der Waals surface area contributed by atoms with E-state index in [1.54, 1.807) is 25.0 Å². The van der Waals surface area contributed by atoms with Gasteiger partial charge in [0.05, 0.1) is 13.2 Å². The molecule has 7 nitrogen and oxygen atoms in total. The van der Waals surface area contributed by atoms with Gasteiger partial charge in [0.2, 0.25) is 5.95 Å². The van der Waals surface area contributed by atoms with Gasteiger partial charge < -0.3 is 20.1 Å². The number of methoxy groups -OCH3 is 1. The van der Waals surface area contributed by atoms with Crippen LogP contribution in [0.5, 0.6) is 0 Å². The Morgan fingerprint density at radius 2 is 2.26 bits per heavy atom. The number of carbonyl (C=O) groups is 1. The van der Waals surface area contributed by atoms with Crippen molar-refractivity contribution in [3.8, 4) is 0 Å². The van der Waals surface area contributed by atoms with Gasteiger partial charge in [0.15, 0.2) is 0 Å². The Balaban J connectivity index is 2.85. The van der Waals surface area contributed by atoms with Crippen LogP contribution in [0.1, 0.15) is 6.92 Å². The summed E-state index contributed by atoms with van der Waals surface area (Å²) in [7, 11) is 1.58. The number of nitrogens with zero attached hydrogens (tertiary/aromatic N) is 3. The summed E-state index contributed by atoms with van der Waals surface area (Å²) in [5.74, 6) is 0.334. The third-order valence-electron chi connectivity index (χ3n) is 2.18. The quantitative estimate of drug-likeness (QED) is 0.584. The van der Waals surface area contributed by atoms with Crippen molar-refractivity contribution in [1.29, 1.82) is 0 Å². The molecule has 0 amide bonds. The largest absolute Gasteiger partial charge is 0.465 e. The summed E-state index contributed by atoms with van der Waals surface area (Å²) in [5.41, 5.74) is 5.66. The molecule has 1 heterocycles. The van der Waals surface area contributed by atoms with E-state index in [-0.39, 0.29) is 12.5 Å². The van der Waals surface area contributed by atoms with Gasteiger partial charge in [-0.3, -0.25) is 4.79 Å². The average Bonchev–Trinajstić information content (AvgIpc) is 2.33. The molecule has 0 aliphatic heterocycles. The number of nitrogens with two attached hydrogens (primary N) is 1. The average molecular weight is 333 g/mol. The standard InChI is InChI=1S/C11H17BrN4O3/c1-3-19-10(17)7-16(4-5-18-2)11-14-8(12)6-9(13)15-11/h6H,3-5,7H2,1-2H3,(H2,13,14,15). The second-order valence-electron chi connectivity index (χ2n) is 3.63. The third-order valence-corrected chi connectivity index (χ3v) is 2.58. The number of esters is 1. The van der Waals surface area contributed by atoms with Crippen molar-refractivity contribution in [2.45, 2.75) is 6.92 Å². The second-order valence-corrected chi connectivity index (χ2v) is 4.45. The lowest BCUT2D eigenvalue weighted by atomic mass is 10.5. The summed E-state index contributed by atoms with van der Waals surface area (Å²) in [6.07, 6.45) is 0. The fourth-order valence-corrected chi connectivity index (χ4v) is 1.77. The highest BCUT2D eigenvalue weighted by Crippen LogP contribution is 2.15. The van der Waals surface area contributed by atoms with Gasteiger partial charge >= 0.3 is 5.97 Å². The molecule has 1 aromatic rings. The zero-order valence-corrected chi connectivity index (χ0v) is 12.5. The van der Waals surface area contributed by atoms with Gasteiger partial charge in [-0.25, -0.2) is 4.98 Å². The molecule has 0 saturated carbocycles. The van der Waals surface area contributed by atoms with Crippen LogP contribution in [0.25, 0.3) is 0 Å². The molecule has 19 heavy (non-hydrogen) atoms. The van der Waals surface area contributed by atoms with Gasteiger partial charge in [0.1, 0.15) is 17.0 Å². The van der Waals surface area contributed by atoms with Crippen molar-refractivity contribution in [3.05, 3.63) is 10.7 Å². The van der Waals surface area contributed by atoms with Gasteiger partial charge in [0.25, 0.3) is 0 Å². The fraction of sp³-hybridized carbons (Fsp3) is 0.545. The molecule has 0 aliphatic rings. The number of halogens is 1. The van der Waals surface area contributed by atoms with Gasteiger partial charge in [-0.2, -0.15) is 4.98 Å². The maximum absolute atomic E-state index is 11.6. The van der Waals surface area contributed by atoms with Gasteiger partial charge in [-0.1, -0.05) is 0 Å². The van der Waals surface area contributed by atoms with E-state index in [1.807, 2.05) is 0 Å². The van der Waals surface area contributed by atoms with Crippen molar-refractivity contribution in [2.24, 2.45) is 0 Å². The molecule has 106 valence electrons. The number of ether oxygens (including phenoxy) is 2. The molecule has 0 radical (unpaired) electrons. The van der Waals surface area contributed by atoms with Crippen molar-refractivity contribution < 1.29 is 14.3 Å². The first-order valence-electron chi connectivity index (χ1n) is 5.76. The number of nitrogen functional groups attached to an aromatic ring is 1. The molecule has 8 heteroatoms. The van der Waals surface area contributed by atoms with Gasteiger partial charge in [0, 0.05) is 19.7 Å². The number of hydrogen-bond acceptors (Lipinski definition) is 7. The number of anilines is 2. The number of rotatable bonds is 7. The molecule has 0 aliphatic carbocycles. The zero-order chi connectivity index (χ0) is 14.3. The third kappa shape index (κ3) is 5.39. The van der Waals surface area contributed by atoms with Crippen LogP contribution in [-0.4, -0.2) is 49.4 Å². The highest BCUT2D eigenvalue weighted by molar-refractivity contribution is 9.10. The minimum absolute atomic E-state index is 0.0487. The topological polar surface area (TPSA) is 90.6 Å². The zero-order valence-electron chi connectivity index (χ0n) is 10.9. The molecule has 0 bridgehead atoms. The monoisotopic (exact) mass is 332 g/mol. The molecule has 1 rings (SSSR count). The maximum atomic E-state index is 11.6. The molecule has 0 aromatic carbocycles. The fourth-order valence-electron chi connectivity index (χ4n) is 1.38. The first kappa shape index (κ1) is 15.6. The molecule has 1 aromatic heterocycles. The highest BCUT2D eigenvalue weighted by atomic mass is 79.9. The van der Waals surface area contributed by atoms with E-state index >= 15 is 0 Å². The molecular weight excluding hydrogens is 316 g/mol. The first-order chi connectivity index (χ1) is 9.06. The Morgan fingerprint density at radius 1 is 1.53 bits per heavy atom. The minimum atomic E-state index is -0.347. The van der Waals surface area contributed by atoms with E-state index < -0.39 is 0 Å². The molecule has 0 atom stereocenters. The minimum Gasteiger partial charge on any atom is -0.465 e. The van der Waals surface area contributed by atoms with Crippen molar-refractivity contribution >= 4 is 33.7 Å². The summed E-state index contributed by atoms with van der Waals surface area (Å²) in [6, 6.07) is 1.59. The molecular formula is C11H17BrN4O3. The molecule has 2 N–H and O–H groups in total. The van der Waals surface area contributed by atoms with E-state index in [2.05, 4.69) is 25.9 Å². The van der Waals surface area contributed by atoms with Crippen LogP contribution in [-0.2, 0) is 14.3 Å². The number of aromatic nitrogens is 2. The van der Waals surface area contributed by atoms with Crippen molar-refractivity contribution in [1.82, 2.24) is 9.97 Å². The van der Waals surface area contributed by atoms with Gasteiger partial charge in [-0.15, -0.1) is 0 Å². The summed E-state index contributed by atoms with van der Waals surface area (Å²) in [4.78, 5) is 21.5. The van der Waals surface area contributed by atoms with E-state index in [1.165, 1.54) is 0 Å². The first-order valence-corrected chi connectivity index (χ1v) is 6.55. The van der Waals surface area contributed by atoms with Crippen LogP contribution in [0.3, 0.4) is 0 Å².